The van der Waals surface area contributed by atoms with Gasteiger partial charge in [0, 0.05) is 24.1 Å². The molecule has 2 heterocycles. The molecule has 0 aliphatic rings. The number of carboxylic acids is 2. The number of hydrogen-bond donors (Lipinski definition) is 6. The topological polar surface area (TPSA) is 197 Å². The number of anilines is 2. The van der Waals surface area contributed by atoms with Crippen molar-refractivity contribution in [3.63, 3.8) is 0 Å². The van der Waals surface area contributed by atoms with Gasteiger partial charge in [0.25, 0.3) is 5.91 Å². The number of aromatic amines is 1. The third-order valence-corrected chi connectivity index (χ3v) is 5.52. The molecule has 0 saturated carbocycles. The van der Waals surface area contributed by atoms with Crippen molar-refractivity contribution in [2.24, 2.45) is 0 Å². The summed E-state index contributed by atoms with van der Waals surface area (Å²) in [6.45, 7) is 3.91. The van der Waals surface area contributed by atoms with Gasteiger partial charge in [-0.25, -0.2) is 4.79 Å². The van der Waals surface area contributed by atoms with Gasteiger partial charge in [0.05, 0.1) is 5.39 Å². The number of H-pyrrole nitrogens is 1. The Morgan fingerprint density at radius 1 is 1.12 bits per heavy atom. The van der Waals surface area contributed by atoms with Crippen molar-refractivity contribution in [1.29, 1.82) is 0 Å². The zero-order chi connectivity index (χ0) is 24.8. The molecule has 0 spiro atoms. The van der Waals surface area contributed by atoms with Gasteiger partial charge in [-0.15, -0.1) is 6.58 Å². The molecule has 3 rings (SSSR count). The fourth-order valence-electron chi connectivity index (χ4n) is 3.72. The van der Waals surface area contributed by atoms with E-state index in [1.54, 1.807) is 24.3 Å². The number of amides is 1. The van der Waals surface area contributed by atoms with Crippen molar-refractivity contribution >= 4 is 40.6 Å². The van der Waals surface area contributed by atoms with Crippen LogP contribution in [-0.2, 0) is 16.0 Å². The first kappa shape index (κ1) is 24.2. The second-order valence-corrected chi connectivity index (χ2v) is 7.80. The molecule has 3 aromatic rings. The molecule has 0 bridgehead atoms. The smallest absolute Gasteiger partial charge is 0.326 e. The Balaban J connectivity index is 1.67. The van der Waals surface area contributed by atoms with Crippen molar-refractivity contribution in [2.45, 2.75) is 37.6 Å². The number of carbonyl (C=O) groups excluding carboxylic acids is 1. The molecule has 0 radical (unpaired) electrons. The molecular formula is C23H26N6O5. The van der Waals surface area contributed by atoms with E-state index in [9.17, 15) is 19.5 Å². The molecule has 1 aromatic carbocycles. The van der Waals surface area contributed by atoms with E-state index in [1.807, 2.05) is 12.3 Å². The van der Waals surface area contributed by atoms with Crippen LogP contribution in [-0.4, -0.2) is 49.1 Å². The molecule has 11 heteroatoms. The summed E-state index contributed by atoms with van der Waals surface area (Å²) in [6.07, 6.45) is 4.45. The highest BCUT2D eigenvalue weighted by atomic mass is 16.4. The van der Waals surface area contributed by atoms with Gasteiger partial charge < -0.3 is 32.0 Å². The standard InChI is InChI=1S/C23H26N6O5/c1-2-12(3-8-15-11-26-20-18(15)19(24)28-23(25)29-20)13-4-6-14(7-5-13)21(32)27-16(22(33)34)9-10-17(30)31/h2,4-7,11-12,16H,1,3,8-10H2,(H,27,32)(H,30,31)(H,33,34)(H5,24,25,26,28,29)/t12?,16-/m0/s1. The fourth-order valence-corrected chi connectivity index (χ4v) is 3.72. The third-order valence-electron chi connectivity index (χ3n) is 5.52. The SMILES string of the molecule is C=CC(CCc1c[nH]c2nc(N)nc(N)c12)c1ccc(C(=O)N[C@@H](CCC(=O)O)C(=O)O)cc1. The Morgan fingerprint density at radius 3 is 2.44 bits per heavy atom. The maximum atomic E-state index is 12.4. The first-order chi connectivity index (χ1) is 16.2. The van der Waals surface area contributed by atoms with E-state index in [2.05, 4.69) is 26.8 Å². The van der Waals surface area contributed by atoms with Crippen LogP contribution in [0.4, 0.5) is 11.8 Å². The van der Waals surface area contributed by atoms with Gasteiger partial charge in [0.2, 0.25) is 5.95 Å². The van der Waals surface area contributed by atoms with Crippen LogP contribution in [0.3, 0.4) is 0 Å². The second-order valence-electron chi connectivity index (χ2n) is 7.80. The minimum atomic E-state index is -1.29. The molecule has 2 aromatic heterocycles. The highest BCUT2D eigenvalue weighted by Gasteiger charge is 2.22. The number of carbonyl (C=O) groups is 3. The summed E-state index contributed by atoms with van der Waals surface area (Å²) in [7, 11) is 0. The van der Waals surface area contributed by atoms with Crippen molar-refractivity contribution in [1.82, 2.24) is 20.3 Å². The fraction of sp³-hybridized carbons (Fsp3) is 0.261. The summed E-state index contributed by atoms with van der Waals surface area (Å²) in [4.78, 5) is 45.7. The number of nitrogens with zero attached hydrogens (tertiary/aromatic N) is 2. The summed E-state index contributed by atoms with van der Waals surface area (Å²) < 4.78 is 0. The van der Waals surface area contributed by atoms with Crippen molar-refractivity contribution < 1.29 is 24.6 Å². The molecule has 0 aliphatic carbocycles. The van der Waals surface area contributed by atoms with E-state index in [4.69, 9.17) is 16.6 Å². The molecule has 0 aliphatic heterocycles. The van der Waals surface area contributed by atoms with Gasteiger partial charge in [-0.3, -0.25) is 9.59 Å². The second kappa shape index (κ2) is 10.5. The quantitative estimate of drug-likeness (QED) is 0.229. The van der Waals surface area contributed by atoms with Gasteiger partial charge >= 0.3 is 11.9 Å². The molecule has 1 amide bonds. The van der Waals surface area contributed by atoms with Crippen LogP contribution >= 0.6 is 0 Å². The van der Waals surface area contributed by atoms with Crippen molar-refractivity contribution in [3.05, 3.63) is 59.8 Å². The average Bonchev–Trinajstić information content (AvgIpc) is 3.20. The number of nitrogen functional groups attached to an aromatic ring is 2. The van der Waals surface area contributed by atoms with Gasteiger partial charge in [0.15, 0.2) is 0 Å². The molecule has 178 valence electrons. The molecule has 11 nitrogen and oxygen atoms in total. The Kier molecular flexibility index (Phi) is 7.46. The van der Waals surface area contributed by atoms with E-state index in [0.29, 0.717) is 24.3 Å². The van der Waals surface area contributed by atoms with E-state index in [-0.39, 0.29) is 30.3 Å². The number of nitrogens with two attached hydrogens (primary N) is 2. The van der Waals surface area contributed by atoms with Gasteiger partial charge in [0.1, 0.15) is 17.5 Å². The highest BCUT2D eigenvalue weighted by Crippen LogP contribution is 2.28. The van der Waals surface area contributed by atoms with E-state index >= 15 is 0 Å². The molecule has 2 atom stereocenters. The van der Waals surface area contributed by atoms with Crippen LogP contribution in [0.15, 0.2) is 43.1 Å². The zero-order valence-electron chi connectivity index (χ0n) is 18.3. The minimum absolute atomic E-state index is 0.0136. The lowest BCUT2D eigenvalue weighted by atomic mass is 9.92. The Morgan fingerprint density at radius 2 is 1.82 bits per heavy atom. The van der Waals surface area contributed by atoms with Crippen LogP contribution in [0.5, 0.6) is 0 Å². The lowest BCUT2D eigenvalue weighted by Gasteiger charge is -2.15. The number of aliphatic carboxylic acids is 2. The normalized spacial score (nSPS) is 12.7. The number of aryl methyl sites for hydroxylation is 1. The lowest BCUT2D eigenvalue weighted by Crippen LogP contribution is -2.41. The van der Waals surface area contributed by atoms with Gasteiger partial charge in [-0.2, -0.15) is 9.97 Å². The number of fused-ring (bicyclic) bond motifs is 1. The first-order valence-corrected chi connectivity index (χ1v) is 10.6. The van der Waals surface area contributed by atoms with Crippen LogP contribution in [0.25, 0.3) is 11.0 Å². The van der Waals surface area contributed by atoms with Crippen molar-refractivity contribution in [2.75, 3.05) is 11.5 Å². The van der Waals surface area contributed by atoms with Gasteiger partial charge in [-0.05, 0) is 42.5 Å². The summed E-state index contributed by atoms with van der Waals surface area (Å²) in [5.74, 6) is -2.61. The minimum Gasteiger partial charge on any atom is -0.481 e. The maximum Gasteiger partial charge on any atom is 0.326 e. The zero-order valence-corrected chi connectivity index (χ0v) is 18.3. The summed E-state index contributed by atoms with van der Waals surface area (Å²) in [6, 6.07) is 5.46. The Bertz CT molecular complexity index is 1220. The third kappa shape index (κ3) is 5.68. The Hall–Kier alpha value is -4.41. The number of carboxylic acid groups (broad SMARTS) is 2. The number of hydrogen-bond acceptors (Lipinski definition) is 7. The van der Waals surface area contributed by atoms with E-state index < -0.39 is 23.9 Å². The number of aromatic nitrogens is 3. The number of benzene rings is 1. The van der Waals surface area contributed by atoms with Crippen LogP contribution in [0.2, 0.25) is 0 Å². The van der Waals surface area contributed by atoms with Crippen LogP contribution in [0, 0.1) is 0 Å². The summed E-state index contributed by atoms with van der Waals surface area (Å²) in [5, 5.41) is 21.1. The van der Waals surface area contributed by atoms with E-state index in [0.717, 1.165) is 16.5 Å². The first-order valence-electron chi connectivity index (χ1n) is 10.6. The summed E-state index contributed by atoms with van der Waals surface area (Å²) in [5.41, 5.74) is 14.4. The largest absolute Gasteiger partial charge is 0.481 e. The van der Waals surface area contributed by atoms with Crippen LogP contribution in [0.1, 0.15) is 46.7 Å². The predicted octanol–water partition coefficient (Wildman–Crippen LogP) is 2.07. The number of nitrogens with one attached hydrogen (secondary N) is 2. The molecular weight excluding hydrogens is 440 g/mol. The molecule has 8 N–H and O–H groups in total. The molecule has 34 heavy (non-hydrogen) atoms. The maximum absolute atomic E-state index is 12.4. The Labute approximate surface area is 194 Å². The monoisotopic (exact) mass is 466 g/mol. The van der Waals surface area contributed by atoms with Gasteiger partial charge in [-0.1, -0.05) is 18.2 Å². The summed E-state index contributed by atoms with van der Waals surface area (Å²) >= 11 is 0. The molecule has 1 unspecified atom stereocenters. The predicted molar refractivity (Wildman–Crippen MR) is 126 cm³/mol. The molecule has 0 saturated heterocycles. The lowest BCUT2D eigenvalue weighted by molar-refractivity contribution is -0.140. The highest BCUT2D eigenvalue weighted by molar-refractivity contribution is 5.96. The van der Waals surface area contributed by atoms with Crippen LogP contribution < -0.4 is 16.8 Å². The average molecular weight is 466 g/mol. The van der Waals surface area contributed by atoms with E-state index in [1.165, 1.54) is 0 Å². The number of rotatable bonds is 11. The van der Waals surface area contributed by atoms with Crippen molar-refractivity contribution in [3.8, 4) is 0 Å². The molecule has 0 fully saturated rings. The number of allylic oxidation sites excluding steroid dienone is 1.